The lowest BCUT2D eigenvalue weighted by molar-refractivity contribution is -0.274. The third-order valence-corrected chi connectivity index (χ3v) is 4.97. The summed E-state index contributed by atoms with van der Waals surface area (Å²) in [4.78, 5) is 26.5. The van der Waals surface area contributed by atoms with Gasteiger partial charge in [-0.1, -0.05) is 11.6 Å². The first-order chi connectivity index (χ1) is 12.2. The summed E-state index contributed by atoms with van der Waals surface area (Å²) < 4.78 is 40.4. The van der Waals surface area contributed by atoms with Crippen molar-refractivity contribution >= 4 is 40.9 Å². The van der Waals surface area contributed by atoms with Gasteiger partial charge in [-0.3, -0.25) is 9.59 Å². The number of nitrogens with zero attached hydrogens (tertiary/aromatic N) is 1. The second kappa shape index (κ2) is 7.20. The van der Waals surface area contributed by atoms with E-state index in [1.54, 1.807) is 24.3 Å². The zero-order valence-electron chi connectivity index (χ0n) is 13.0. The average molecular weight is 402 g/mol. The van der Waals surface area contributed by atoms with Crippen LogP contribution in [0.15, 0.2) is 53.4 Å². The molecule has 9 heteroatoms. The third-order valence-electron chi connectivity index (χ3n) is 3.53. The summed E-state index contributed by atoms with van der Waals surface area (Å²) in [5, 5.41) is -0.0410. The van der Waals surface area contributed by atoms with Crippen molar-refractivity contribution in [1.29, 1.82) is 0 Å². The van der Waals surface area contributed by atoms with E-state index in [0.717, 1.165) is 21.9 Å². The zero-order chi connectivity index (χ0) is 18.9. The van der Waals surface area contributed by atoms with E-state index in [9.17, 15) is 22.8 Å². The lowest BCUT2D eigenvalue weighted by Crippen LogP contribution is -2.31. The van der Waals surface area contributed by atoms with Gasteiger partial charge in [-0.25, -0.2) is 4.90 Å². The molecule has 1 aliphatic rings. The number of hydrogen-bond donors (Lipinski definition) is 0. The van der Waals surface area contributed by atoms with Crippen LogP contribution in [0, 0.1) is 0 Å². The SMILES string of the molecule is O=C1C[C@H](Sc2ccc(Cl)cc2)C(=O)N1c1ccc(OC(F)(F)F)cc1. The fourth-order valence-corrected chi connectivity index (χ4v) is 3.62. The number of hydrogen-bond acceptors (Lipinski definition) is 4. The number of imide groups is 1. The minimum Gasteiger partial charge on any atom is -0.406 e. The van der Waals surface area contributed by atoms with Gasteiger partial charge in [-0.15, -0.1) is 24.9 Å². The molecule has 4 nitrogen and oxygen atoms in total. The molecule has 1 fully saturated rings. The molecule has 0 unspecified atom stereocenters. The normalized spacial score (nSPS) is 17.7. The summed E-state index contributed by atoms with van der Waals surface area (Å²) in [6, 6.07) is 11.5. The van der Waals surface area contributed by atoms with Crippen molar-refractivity contribution in [2.24, 2.45) is 0 Å². The lowest BCUT2D eigenvalue weighted by atomic mass is 10.3. The van der Waals surface area contributed by atoms with Gasteiger partial charge >= 0.3 is 6.36 Å². The molecule has 2 aromatic rings. The van der Waals surface area contributed by atoms with Gasteiger partial charge < -0.3 is 4.74 Å². The molecule has 0 spiro atoms. The first-order valence-corrected chi connectivity index (χ1v) is 8.63. The van der Waals surface area contributed by atoms with Gasteiger partial charge in [0.25, 0.3) is 0 Å². The number of amides is 2. The number of benzene rings is 2. The summed E-state index contributed by atoms with van der Waals surface area (Å²) in [5.41, 5.74) is 0.203. The van der Waals surface area contributed by atoms with E-state index in [0.29, 0.717) is 5.02 Å². The highest BCUT2D eigenvalue weighted by atomic mass is 35.5. The standard InChI is InChI=1S/C17H11ClF3NO3S/c18-10-1-7-13(8-2-10)26-14-9-15(23)22(16(14)24)11-3-5-12(6-4-11)25-17(19,20)21/h1-8,14H,9H2/t14-/m0/s1. The number of ether oxygens (including phenoxy) is 1. The number of carbonyl (C=O) groups excluding carboxylic acids is 2. The Bertz CT molecular complexity index is 825. The van der Waals surface area contributed by atoms with Crippen molar-refractivity contribution < 1.29 is 27.5 Å². The van der Waals surface area contributed by atoms with E-state index in [-0.39, 0.29) is 12.1 Å². The summed E-state index contributed by atoms with van der Waals surface area (Å²) in [6.45, 7) is 0. The van der Waals surface area contributed by atoms with Crippen LogP contribution in [0.1, 0.15) is 6.42 Å². The molecular weight excluding hydrogens is 391 g/mol. The van der Waals surface area contributed by atoms with Crippen LogP contribution in [0.3, 0.4) is 0 Å². The van der Waals surface area contributed by atoms with Crippen LogP contribution in [0.4, 0.5) is 18.9 Å². The van der Waals surface area contributed by atoms with Crippen LogP contribution in [0.25, 0.3) is 0 Å². The van der Waals surface area contributed by atoms with Gasteiger partial charge in [0.2, 0.25) is 11.8 Å². The van der Waals surface area contributed by atoms with Gasteiger partial charge in [0.15, 0.2) is 0 Å². The van der Waals surface area contributed by atoms with Crippen LogP contribution in [0.2, 0.25) is 5.02 Å². The monoisotopic (exact) mass is 401 g/mol. The minimum atomic E-state index is -4.80. The highest BCUT2D eigenvalue weighted by Crippen LogP contribution is 2.35. The summed E-state index contributed by atoms with van der Waals surface area (Å²) >= 11 is 7.05. The third kappa shape index (κ3) is 4.31. The number of halogens is 4. The number of rotatable bonds is 4. The van der Waals surface area contributed by atoms with Gasteiger partial charge in [0.1, 0.15) is 5.75 Å². The molecule has 0 saturated carbocycles. The van der Waals surface area contributed by atoms with Gasteiger partial charge in [0.05, 0.1) is 10.9 Å². The number of carbonyl (C=O) groups is 2. The molecule has 0 N–H and O–H groups in total. The van der Waals surface area contributed by atoms with E-state index < -0.39 is 29.2 Å². The molecule has 0 radical (unpaired) electrons. The van der Waals surface area contributed by atoms with Crippen molar-refractivity contribution in [1.82, 2.24) is 0 Å². The first kappa shape index (κ1) is 18.6. The van der Waals surface area contributed by atoms with Crippen molar-refractivity contribution in [3.8, 4) is 5.75 Å². The van der Waals surface area contributed by atoms with Crippen LogP contribution in [-0.2, 0) is 9.59 Å². The fourth-order valence-electron chi connectivity index (χ4n) is 2.44. The molecule has 1 saturated heterocycles. The van der Waals surface area contributed by atoms with Crippen molar-refractivity contribution in [3.63, 3.8) is 0 Å². The molecule has 0 bridgehead atoms. The van der Waals surface area contributed by atoms with Gasteiger partial charge in [-0.05, 0) is 48.5 Å². The van der Waals surface area contributed by atoms with E-state index in [1.165, 1.54) is 23.9 Å². The van der Waals surface area contributed by atoms with E-state index in [1.807, 2.05) is 0 Å². The van der Waals surface area contributed by atoms with Gasteiger partial charge in [-0.2, -0.15) is 0 Å². The molecule has 2 aromatic carbocycles. The quantitative estimate of drug-likeness (QED) is 0.699. The first-order valence-electron chi connectivity index (χ1n) is 7.38. The van der Waals surface area contributed by atoms with Crippen molar-refractivity contribution in [2.45, 2.75) is 22.9 Å². The molecule has 0 aliphatic carbocycles. The van der Waals surface area contributed by atoms with Crippen molar-refractivity contribution in [2.75, 3.05) is 4.90 Å². The van der Waals surface area contributed by atoms with Gasteiger partial charge in [0, 0.05) is 16.3 Å². The lowest BCUT2D eigenvalue weighted by Gasteiger charge is -2.16. The molecule has 1 atom stereocenters. The Kier molecular flexibility index (Phi) is 5.15. The maximum absolute atomic E-state index is 12.5. The van der Waals surface area contributed by atoms with E-state index in [2.05, 4.69) is 4.74 Å². The molecule has 26 heavy (non-hydrogen) atoms. The van der Waals surface area contributed by atoms with Crippen LogP contribution in [0.5, 0.6) is 5.75 Å². The Morgan fingerprint density at radius 1 is 1.04 bits per heavy atom. The zero-order valence-corrected chi connectivity index (χ0v) is 14.6. The fraction of sp³-hybridized carbons (Fsp3) is 0.176. The van der Waals surface area contributed by atoms with Crippen LogP contribution < -0.4 is 9.64 Å². The highest BCUT2D eigenvalue weighted by Gasteiger charge is 2.40. The van der Waals surface area contributed by atoms with Crippen LogP contribution in [-0.4, -0.2) is 23.4 Å². The smallest absolute Gasteiger partial charge is 0.406 e. The molecule has 0 aromatic heterocycles. The van der Waals surface area contributed by atoms with E-state index in [4.69, 9.17) is 11.6 Å². The Labute approximate surface area is 155 Å². The highest BCUT2D eigenvalue weighted by molar-refractivity contribution is 8.00. The maximum Gasteiger partial charge on any atom is 0.573 e. The number of thioether (sulfide) groups is 1. The van der Waals surface area contributed by atoms with Crippen molar-refractivity contribution in [3.05, 3.63) is 53.6 Å². The number of alkyl halides is 3. The molecule has 3 rings (SSSR count). The van der Waals surface area contributed by atoms with Crippen LogP contribution >= 0.6 is 23.4 Å². The Hall–Kier alpha value is -2.19. The summed E-state index contributed by atoms with van der Waals surface area (Å²) in [6.07, 6.45) is -4.80. The molecular formula is C17H11ClF3NO3S. The molecule has 1 heterocycles. The predicted octanol–water partition coefficient (Wildman–Crippen LogP) is 4.66. The molecule has 136 valence electrons. The Balaban J connectivity index is 1.73. The molecule has 2 amide bonds. The topological polar surface area (TPSA) is 46.6 Å². The molecule has 1 aliphatic heterocycles. The second-order valence-electron chi connectivity index (χ2n) is 5.37. The Morgan fingerprint density at radius 2 is 1.65 bits per heavy atom. The summed E-state index contributed by atoms with van der Waals surface area (Å²) in [7, 11) is 0. The maximum atomic E-state index is 12.5. The average Bonchev–Trinajstić information content (AvgIpc) is 2.83. The largest absolute Gasteiger partial charge is 0.573 e. The Morgan fingerprint density at radius 3 is 2.23 bits per heavy atom. The summed E-state index contributed by atoms with van der Waals surface area (Å²) in [5.74, 6) is -1.25. The van der Waals surface area contributed by atoms with E-state index >= 15 is 0 Å². The predicted molar refractivity (Wildman–Crippen MR) is 91.3 cm³/mol. The number of anilines is 1. The minimum absolute atomic E-state index is 0.00687. The second-order valence-corrected chi connectivity index (χ2v) is 7.09.